The molecule has 1 unspecified atom stereocenters. The van der Waals surface area contributed by atoms with Gasteiger partial charge >= 0.3 is 0 Å². The molecule has 0 aliphatic heterocycles. The Morgan fingerprint density at radius 2 is 1.92 bits per heavy atom. The maximum atomic E-state index is 10.7. The second-order valence-electron chi connectivity index (χ2n) is 2.97. The second-order valence-corrected chi connectivity index (χ2v) is 2.97. The molecule has 1 atom stereocenters. The number of carboxylic acids is 1. The lowest BCUT2D eigenvalue weighted by Crippen LogP contribution is -2.44. The van der Waals surface area contributed by atoms with Crippen LogP contribution in [-0.4, -0.2) is 12.3 Å². The molecule has 0 amide bonds. The number of benzene rings is 1. The van der Waals surface area contributed by atoms with Gasteiger partial charge in [0.1, 0.15) is 6.29 Å². The molecule has 0 heterocycles. The van der Waals surface area contributed by atoms with Gasteiger partial charge in [-0.25, -0.2) is 0 Å². The van der Waals surface area contributed by atoms with Gasteiger partial charge in [-0.05, 0) is 12.5 Å². The van der Waals surface area contributed by atoms with Crippen molar-refractivity contribution in [1.82, 2.24) is 0 Å². The first-order valence-corrected chi connectivity index (χ1v) is 3.84. The van der Waals surface area contributed by atoms with E-state index < -0.39 is 11.4 Å². The lowest BCUT2D eigenvalue weighted by atomic mass is 9.84. The Balaban J connectivity index is 3.18. The normalized spacial score (nSPS) is 14.5. The summed E-state index contributed by atoms with van der Waals surface area (Å²) >= 11 is 0. The number of carbonyl (C=O) groups is 2. The van der Waals surface area contributed by atoms with Crippen molar-refractivity contribution in [3.63, 3.8) is 0 Å². The molecule has 0 N–H and O–H groups in total. The van der Waals surface area contributed by atoms with Gasteiger partial charge in [0, 0.05) is 0 Å². The molecule has 0 aromatic heterocycles. The largest absolute Gasteiger partial charge is 0.549 e. The van der Waals surface area contributed by atoms with Crippen LogP contribution in [0.25, 0.3) is 0 Å². The maximum Gasteiger partial charge on any atom is 0.135 e. The fourth-order valence-corrected chi connectivity index (χ4v) is 1.02. The van der Waals surface area contributed by atoms with Crippen LogP contribution in [0, 0.1) is 0 Å². The Labute approximate surface area is 76.0 Å². The highest BCUT2D eigenvalue weighted by Gasteiger charge is 2.27. The molecule has 0 saturated carbocycles. The van der Waals surface area contributed by atoms with Gasteiger partial charge in [0.25, 0.3) is 0 Å². The monoisotopic (exact) mass is 177 g/mol. The van der Waals surface area contributed by atoms with E-state index in [1.54, 1.807) is 30.3 Å². The average Bonchev–Trinajstić information content (AvgIpc) is 2.17. The number of rotatable bonds is 3. The van der Waals surface area contributed by atoms with Crippen LogP contribution in [0.3, 0.4) is 0 Å². The standard InChI is InChI=1S/C10H10O3/c1-10(7-11,9(12)13)8-5-3-2-4-6-8/h2-7H,1H3,(H,12,13)/p-1. The molecule has 1 rings (SSSR count). The Morgan fingerprint density at radius 1 is 1.38 bits per heavy atom. The Kier molecular flexibility index (Phi) is 2.46. The lowest BCUT2D eigenvalue weighted by molar-refractivity contribution is -0.311. The number of hydrogen-bond acceptors (Lipinski definition) is 3. The quantitative estimate of drug-likeness (QED) is 0.478. The van der Waals surface area contributed by atoms with Crippen LogP contribution >= 0.6 is 0 Å². The molecule has 0 saturated heterocycles. The molecule has 0 radical (unpaired) electrons. The molecule has 3 nitrogen and oxygen atoms in total. The van der Waals surface area contributed by atoms with Crippen LogP contribution in [-0.2, 0) is 15.0 Å². The first-order valence-electron chi connectivity index (χ1n) is 3.84. The van der Waals surface area contributed by atoms with E-state index in [0.717, 1.165) is 0 Å². The van der Waals surface area contributed by atoms with Gasteiger partial charge in [-0.1, -0.05) is 30.3 Å². The second kappa shape index (κ2) is 3.39. The van der Waals surface area contributed by atoms with Crippen LogP contribution in [0.2, 0.25) is 0 Å². The molecule has 13 heavy (non-hydrogen) atoms. The summed E-state index contributed by atoms with van der Waals surface area (Å²) in [4.78, 5) is 21.4. The smallest absolute Gasteiger partial charge is 0.135 e. The van der Waals surface area contributed by atoms with E-state index in [2.05, 4.69) is 0 Å². The summed E-state index contributed by atoms with van der Waals surface area (Å²) in [7, 11) is 0. The van der Waals surface area contributed by atoms with Crippen molar-refractivity contribution in [2.24, 2.45) is 0 Å². The van der Waals surface area contributed by atoms with Gasteiger partial charge in [0.2, 0.25) is 0 Å². The number of aldehydes is 1. The summed E-state index contributed by atoms with van der Waals surface area (Å²) < 4.78 is 0. The van der Waals surface area contributed by atoms with Crippen molar-refractivity contribution in [2.45, 2.75) is 12.3 Å². The first kappa shape index (κ1) is 9.45. The van der Waals surface area contributed by atoms with E-state index in [1.807, 2.05) is 0 Å². The number of hydrogen-bond donors (Lipinski definition) is 0. The first-order chi connectivity index (χ1) is 6.11. The minimum atomic E-state index is -1.54. The predicted molar refractivity (Wildman–Crippen MR) is 44.9 cm³/mol. The molecular formula is C10H9O3-. The van der Waals surface area contributed by atoms with Crippen molar-refractivity contribution in [3.8, 4) is 0 Å². The van der Waals surface area contributed by atoms with E-state index in [0.29, 0.717) is 11.8 Å². The Bertz CT molecular complexity index is 318. The Morgan fingerprint density at radius 3 is 2.31 bits per heavy atom. The van der Waals surface area contributed by atoms with Crippen LogP contribution < -0.4 is 5.11 Å². The van der Waals surface area contributed by atoms with Crippen molar-refractivity contribution in [1.29, 1.82) is 0 Å². The van der Waals surface area contributed by atoms with E-state index in [4.69, 9.17) is 0 Å². The number of carbonyl (C=O) groups excluding carboxylic acids is 2. The fraction of sp³-hybridized carbons (Fsp3) is 0.200. The molecule has 0 aliphatic rings. The van der Waals surface area contributed by atoms with Gasteiger partial charge in [0.05, 0.1) is 11.4 Å². The lowest BCUT2D eigenvalue weighted by Gasteiger charge is -2.24. The maximum absolute atomic E-state index is 10.7. The molecule has 1 aromatic carbocycles. The van der Waals surface area contributed by atoms with Crippen molar-refractivity contribution in [3.05, 3.63) is 35.9 Å². The fourth-order valence-electron chi connectivity index (χ4n) is 1.02. The number of carboxylic acid groups (broad SMARTS) is 1. The van der Waals surface area contributed by atoms with Crippen LogP contribution in [0.4, 0.5) is 0 Å². The van der Waals surface area contributed by atoms with Crippen molar-refractivity contribution >= 4 is 12.3 Å². The van der Waals surface area contributed by atoms with Gasteiger partial charge in [0.15, 0.2) is 0 Å². The van der Waals surface area contributed by atoms with E-state index in [-0.39, 0.29) is 0 Å². The van der Waals surface area contributed by atoms with Gasteiger partial charge in [-0.15, -0.1) is 0 Å². The summed E-state index contributed by atoms with van der Waals surface area (Å²) in [5.74, 6) is -1.38. The topological polar surface area (TPSA) is 57.2 Å². The minimum Gasteiger partial charge on any atom is -0.549 e. The summed E-state index contributed by atoms with van der Waals surface area (Å²) in [6.45, 7) is 1.32. The summed E-state index contributed by atoms with van der Waals surface area (Å²) in [5, 5.41) is 10.7. The summed E-state index contributed by atoms with van der Waals surface area (Å²) in [6.07, 6.45) is 0.387. The van der Waals surface area contributed by atoms with Crippen molar-refractivity contribution in [2.75, 3.05) is 0 Å². The third-order valence-corrected chi connectivity index (χ3v) is 2.03. The van der Waals surface area contributed by atoms with Gasteiger partial charge < -0.3 is 14.7 Å². The van der Waals surface area contributed by atoms with Gasteiger partial charge in [-0.3, -0.25) is 0 Å². The van der Waals surface area contributed by atoms with E-state index in [1.165, 1.54) is 6.92 Å². The molecule has 0 bridgehead atoms. The molecule has 3 heteroatoms. The molecule has 0 fully saturated rings. The molecule has 0 spiro atoms. The SMILES string of the molecule is CC(C=O)(C(=O)[O-])c1ccccc1. The third-order valence-electron chi connectivity index (χ3n) is 2.03. The molecule has 0 aliphatic carbocycles. The zero-order valence-corrected chi connectivity index (χ0v) is 7.19. The average molecular weight is 177 g/mol. The van der Waals surface area contributed by atoms with Crippen LogP contribution in [0.15, 0.2) is 30.3 Å². The summed E-state index contributed by atoms with van der Waals surface area (Å²) in [6, 6.07) is 8.29. The van der Waals surface area contributed by atoms with E-state index in [9.17, 15) is 14.7 Å². The minimum absolute atomic E-state index is 0.387. The Hall–Kier alpha value is -1.64. The van der Waals surface area contributed by atoms with E-state index >= 15 is 0 Å². The highest BCUT2D eigenvalue weighted by Crippen LogP contribution is 2.19. The van der Waals surface area contributed by atoms with Crippen LogP contribution in [0.1, 0.15) is 12.5 Å². The number of aliphatic carboxylic acids is 1. The zero-order valence-electron chi connectivity index (χ0n) is 7.19. The predicted octanol–water partition coefficient (Wildman–Crippen LogP) is -0.107. The molecule has 68 valence electrons. The van der Waals surface area contributed by atoms with Crippen molar-refractivity contribution < 1.29 is 14.7 Å². The molecule has 1 aromatic rings. The zero-order chi connectivity index (χ0) is 9.90. The highest BCUT2D eigenvalue weighted by atomic mass is 16.4. The van der Waals surface area contributed by atoms with Crippen LogP contribution in [0.5, 0.6) is 0 Å². The third kappa shape index (κ3) is 1.59. The molecular weight excluding hydrogens is 168 g/mol. The summed E-state index contributed by atoms with van der Waals surface area (Å²) in [5.41, 5.74) is -1.11. The highest BCUT2D eigenvalue weighted by molar-refractivity contribution is 5.97. The van der Waals surface area contributed by atoms with Gasteiger partial charge in [-0.2, -0.15) is 0 Å².